The van der Waals surface area contributed by atoms with Crippen molar-refractivity contribution in [2.75, 3.05) is 36.7 Å². The maximum atomic E-state index is 11.1. The smallest absolute Gasteiger partial charge is 0.149 e. The zero-order chi connectivity index (χ0) is 22.3. The molecule has 0 aliphatic heterocycles. The van der Waals surface area contributed by atoms with Crippen molar-refractivity contribution in [1.82, 2.24) is 0 Å². The molecule has 1 unspecified atom stereocenters. The predicted octanol–water partition coefficient (Wildman–Crippen LogP) is 6.40. The minimum Gasteiger partial charge on any atom is -0.394 e. The fourth-order valence-electron chi connectivity index (χ4n) is 3.49. The van der Waals surface area contributed by atoms with Crippen molar-refractivity contribution in [2.24, 2.45) is 0 Å². The van der Waals surface area contributed by atoms with Gasteiger partial charge in [-0.2, -0.15) is 11.8 Å². The van der Waals surface area contributed by atoms with Crippen LogP contribution in [0.2, 0.25) is 0 Å². The summed E-state index contributed by atoms with van der Waals surface area (Å²) < 4.78 is 27.6. The van der Waals surface area contributed by atoms with E-state index < -0.39 is 9.84 Å². The van der Waals surface area contributed by atoms with Crippen molar-refractivity contribution >= 4 is 21.6 Å². The number of sulfone groups is 1. The molecule has 0 aromatic heterocycles. The average molecular weight is 467 g/mol. The highest BCUT2D eigenvalue weighted by atomic mass is 32.2. The summed E-state index contributed by atoms with van der Waals surface area (Å²) in [6.07, 6.45) is 23.1. The molecule has 0 saturated carbocycles. The van der Waals surface area contributed by atoms with Gasteiger partial charge in [-0.05, 0) is 12.2 Å². The van der Waals surface area contributed by atoms with Crippen LogP contribution in [0.25, 0.3) is 0 Å². The van der Waals surface area contributed by atoms with Gasteiger partial charge < -0.3 is 9.84 Å². The van der Waals surface area contributed by atoms with Crippen molar-refractivity contribution in [2.45, 2.75) is 116 Å². The summed E-state index contributed by atoms with van der Waals surface area (Å²) in [6, 6.07) is 0. The first-order valence-corrected chi connectivity index (χ1v) is 15.7. The molecule has 0 rings (SSSR count). The van der Waals surface area contributed by atoms with E-state index >= 15 is 0 Å². The van der Waals surface area contributed by atoms with Gasteiger partial charge in [0, 0.05) is 12.0 Å². The molecule has 0 aliphatic rings. The molecule has 30 heavy (non-hydrogen) atoms. The van der Waals surface area contributed by atoms with Crippen molar-refractivity contribution in [3.05, 3.63) is 0 Å². The van der Waals surface area contributed by atoms with Crippen molar-refractivity contribution in [3.8, 4) is 0 Å². The standard InChI is InChI=1S/C24H50O4S2/c1-3-4-5-6-7-8-9-10-11-12-13-14-15-16-17-18-20-29-23-24(22-25)28-19-21-30(2,26)27/h24-25H,3-23H2,1-2H3. The van der Waals surface area contributed by atoms with Crippen LogP contribution < -0.4 is 0 Å². The predicted molar refractivity (Wildman–Crippen MR) is 133 cm³/mol. The zero-order valence-corrected chi connectivity index (χ0v) is 21.5. The topological polar surface area (TPSA) is 63.6 Å². The third kappa shape index (κ3) is 24.5. The Bertz CT molecular complexity index is 440. The van der Waals surface area contributed by atoms with E-state index in [2.05, 4.69) is 6.92 Å². The normalized spacial score (nSPS) is 13.0. The third-order valence-corrected chi connectivity index (χ3v) is 7.55. The molecule has 0 spiro atoms. The summed E-state index contributed by atoms with van der Waals surface area (Å²) in [7, 11) is -3.00. The van der Waals surface area contributed by atoms with Gasteiger partial charge >= 0.3 is 0 Å². The van der Waals surface area contributed by atoms with E-state index in [0.29, 0.717) is 0 Å². The first-order chi connectivity index (χ1) is 14.5. The minimum absolute atomic E-state index is 0.0211. The van der Waals surface area contributed by atoms with Gasteiger partial charge in [0.05, 0.1) is 25.1 Å². The Morgan fingerprint density at radius 3 is 1.60 bits per heavy atom. The fraction of sp³-hybridized carbons (Fsp3) is 1.00. The largest absolute Gasteiger partial charge is 0.394 e. The molecule has 0 radical (unpaired) electrons. The summed E-state index contributed by atoms with van der Waals surface area (Å²) in [5, 5.41) is 9.31. The van der Waals surface area contributed by atoms with Crippen LogP contribution in [-0.4, -0.2) is 56.4 Å². The molecule has 182 valence electrons. The van der Waals surface area contributed by atoms with E-state index in [1.807, 2.05) is 0 Å². The van der Waals surface area contributed by atoms with Crippen LogP contribution in [0.5, 0.6) is 0 Å². The Morgan fingerprint density at radius 1 is 0.767 bits per heavy atom. The van der Waals surface area contributed by atoms with Crippen molar-refractivity contribution in [1.29, 1.82) is 0 Å². The Morgan fingerprint density at radius 2 is 1.20 bits per heavy atom. The molecule has 0 saturated heterocycles. The lowest BCUT2D eigenvalue weighted by atomic mass is 10.0. The van der Waals surface area contributed by atoms with Crippen LogP contribution in [0.15, 0.2) is 0 Å². The Labute approximate surface area is 192 Å². The van der Waals surface area contributed by atoms with E-state index in [9.17, 15) is 13.5 Å². The second-order valence-corrected chi connectivity index (χ2v) is 12.1. The van der Waals surface area contributed by atoms with Gasteiger partial charge in [-0.1, -0.05) is 103 Å². The number of hydrogen-bond acceptors (Lipinski definition) is 5. The van der Waals surface area contributed by atoms with Crippen molar-refractivity contribution < 1.29 is 18.3 Å². The Kier molecular flexibility index (Phi) is 22.6. The molecule has 0 amide bonds. The molecule has 0 bridgehead atoms. The van der Waals surface area contributed by atoms with Crippen LogP contribution >= 0.6 is 11.8 Å². The second-order valence-electron chi connectivity index (χ2n) is 8.68. The highest BCUT2D eigenvalue weighted by Gasteiger charge is 2.10. The van der Waals surface area contributed by atoms with Crippen LogP contribution in [0, 0.1) is 0 Å². The number of unbranched alkanes of at least 4 members (excludes halogenated alkanes) is 15. The molecule has 0 fully saturated rings. The Hall–Kier alpha value is 0.220. The number of thioether (sulfide) groups is 1. The SMILES string of the molecule is CCCCCCCCCCCCCCCCCCSCC(CO)OCCS(C)(=O)=O. The van der Waals surface area contributed by atoms with E-state index in [0.717, 1.165) is 11.5 Å². The summed E-state index contributed by atoms with van der Waals surface area (Å²) in [4.78, 5) is 0. The molecule has 6 heteroatoms. The lowest BCUT2D eigenvalue weighted by Crippen LogP contribution is -2.24. The van der Waals surface area contributed by atoms with Crippen LogP contribution in [0.1, 0.15) is 110 Å². The highest BCUT2D eigenvalue weighted by Crippen LogP contribution is 2.15. The molecule has 0 aromatic rings. The number of ether oxygens (including phenoxy) is 1. The van der Waals surface area contributed by atoms with Gasteiger partial charge in [0.25, 0.3) is 0 Å². The van der Waals surface area contributed by atoms with Crippen LogP contribution in [0.3, 0.4) is 0 Å². The lowest BCUT2D eigenvalue weighted by Gasteiger charge is -2.14. The highest BCUT2D eigenvalue weighted by molar-refractivity contribution is 7.99. The van der Waals surface area contributed by atoms with E-state index in [1.54, 1.807) is 11.8 Å². The number of rotatable bonds is 24. The van der Waals surface area contributed by atoms with Gasteiger partial charge in [-0.25, -0.2) is 8.42 Å². The molecular weight excluding hydrogens is 416 g/mol. The molecule has 1 N–H and O–H groups in total. The second kappa shape index (κ2) is 22.4. The molecule has 0 heterocycles. The monoisotopic (exact) mass is 466 g/mol. The maximum Gasteiger partial charge on any atom is 0.149 e. The molecule has 1 atom stereocenters. The van der Waals surface area contributed by atoms with Gasteiger partial charge in [0.2, 0.25) is 0 Å². The molecule has 0 aliphatic carbocycles. The summed E-state index contributed by atoms with van der Waals surface area (Å²) >= 11 is 1.80. The molecular formula is C24H50O4S2. The van der Waals surface area contributed by atoms with Gasteiger partial charge in [-0.3, -0.25) is 0 Å². The first-order valence-electron chi connectivity index (χ1n) is 12.5. The molecule has 0 aromatic carbocycles. The van der Waals surface area contributed by atoms with Crippen LogP contribution in [-0.2, 0) is 14.6 Å². The quantitative estimate of drug-likeness (QED) is 0.167. The summed E-state index contributed by atoms with van der Waals surface area (Å²) in [6.45, 7) is 2.40. The van der Waals surface area contributed by atoms with Gasteiger partial charge in [-0.15, -0.1) is 0 Å². The van der Waals surface area contributed by atoms with E-state index in [1.165, 1.54) is 109 Å². The summed E-state index contributed by atoms with van der Waals surface area (Å²) in [5.74, 6) is 1.84. The zero-order valence-electron chi connectivity index (χ0n) is 19.9. The third-order valence-electron chi connectivity index (χ3n) is 5.46. The van der Waals surface area contributed by atoms with Gasteiger partial charge in [0.15, 0.2) is 0 Å². The average Bonchev–Trinajstić information content (AvgIpc) is 2.70. The van der Waals surface area contributed by atoms with Crippen molar-refractivity contribution in [3.63, 3.8) is 0 Å². The maximum absolute atomic E-state index is 11.1. The van der Waals surface area contributed by atoms with E-state index in [-0.39, 0.29) is 25.1 Å². The van der Waals surface area contributed by atoms with E-state index in [4.69, 9.17) is 4.74 Å². The van der Waals surface area contributed by atoms with Crippen LogP contribution in [0.4, 0.5) is 0 Å². The number of aliphatic hydroxyl groups excluding tert-OH is 1. The minimum atomic E-state index is -3.00. The summed E-state index contributed by atoms with van der Waals surface area (Å²) in [5.41, 5.74) is 0. The number of aliphatic hydroxyl groups is 1. The van der Waals surface area contributed by atoms with Gasteiger partial charge in [0.1, 0.15) is 9.84 Å². The lowest BCUT2D eigenvalue weighted by molar-refractivity contribution is 0.0366. The Balaban J connectivity index is 3.25. The first kappa shape index (κ1) is 30.2. The number of hydrogen-bond donors (Lipinski definition) is 1. The fourth-order valence-corrected chi connectivity index (χ4v) is 4.93. The molecule has 4 nitrogen and oxygen atoms in total.